The van der Waals surface area contributed by atoms with Crippen molar-refractivity contribution in [2.45, 2.75) is 31.2 Å². The number of nitrogens with zero attached hydrogens (tertiary/aromatic N) is 4. The highest BCUT2D eigenvalue weighted by Crippen LogP contribution is 2.32. The van der Waals surface area contributed by atoms with E-state index in [0.717, 1.165) is 28.6 Å². The largest absolute Gasteiger partial charge is 0.347 e. The van der Waals surface area contributed by atoms with Crippen LogP contribution in [0.5, 0.6) is 0 Å². The third-order valence-electron chi connectivity index (χ3n) is 6.31. The normalized spacial score (nSPS) is 13.8. The summed E-state index contributed by atoms with van der Waals surface area (Å²) in [6, 6.07) is 8.72. The quantitative estimate of drug-likeness (QED) is 0.438. The Morgan fingerprint density at radius 1 is 1.29 bits per heavy atom. The van der Waals surface area contributed by atoms with Gasteiger partial charge in [0.1, 0.15) is 10.6 Å². The Balaban J connectivity index is 1.44. The number of hydrogen-bond donors (Lipinski definition) is 2. The van der Waals surface area contributed by atoms with Gasteiger partial charge in [0.25, 0.3) is 15.9 Å². The van der Waals surface area contributed by atoms with Gasteiger partial charge < -0.3 is 9.88 Å². The van der Waals surface area contributed by atoms with E-state index in [2.05, 4.69) is 20.5 Å². The Morgan fingerprint density at radius 2 is 2.12 bits per heavy atom. The molecule has 4 aromatic rings. The highest BCUT2D eigenvalue weighted by molar-refractivity contribution is 7.92. The van der Waals surface area contributed by atoms with Crippen LogP contribution in [-0.4, -0.2) is 40.6 Å². The minimum Gasteiger partial charge on any atom is -0.347 e. The van der Waals surface area contributed by atoms with Crippen LogP contribution in [0.25, 0.3) is 10.9 Å². The van der Waals surface area contributed by atoms with Gasteiger partial charge in [-0.3, -0.25) is 19.2 Å². The monoisotopic (exact) mass is 498 g/mol. The van der Waals surface area contributed by atoms with Crippen molar-refractivity contribution in [3.8, 4) is 0 Å². The number of halogens is 1. The minimum atomic E-state index is -3.87. The molecule has 1 aromatic carbocycles. The number of anilines is 1. The lowest BCUT2D eigenvalue weighted by molar-refractivity contribution is 0.0942. The van der Waals surface area contributed by atoms with Gasteiger partial charge in [0, 0.05) is 42.4 Å². The van der Waals surface area contributed by atoms with Gasteiger partial charge >= 0.3 is 0 Å². The molecular formula is C23H23ClN6O3S. The molecule has 5 rings (SSSR count). The van der Waals surface area contributed by atoms with Crippen LogP contribution in [0.2, 0.25) is 5.02 Å². The van der Waals surface area contributed by atoms with E-state index in [1.807, 2.05) is 18.2 Å². The fourth-order valence-electron chi connectivity index (χ4n) is 4.37. The molecule has 9 nitrogen and oxygen atoms in total. The number of aromatic nitrogens is 4. The Kier molecular flexibility index (Phi) is 5.57. The Hall–Kier alpha value is -3.37. The van der Waals surface area contributed by atoms with Gasteiger partial charge in [-0.15, -0.1) is 0 Å². The Morgan fingerprint density at radius 3 is 2.94 bits per heavy atom. The maximum Gasteiger partial charge on any atom is 0.268 e. The van der Waals surface area contributed by atoms with Gasteiger partial charge in [0.05, 0.1) is 23.1 Å². The number of H-pyrrole nitrogens is 1. The fourth-order valence-corrected chi connectivity index (χ4v) is 6.40. The lowest BCUT2D eigenvalue weighted by atomic mass is 10.1. The molecule has 34 heavy (non-hydrogen) atoms. The molecule has 1 aliphatic heterocycles. The number of carbonyl (C=O) groups is 1. The van der Waals surface area contributed by atoms with E-state index >= 15 is 0 Å². The zero-order chi connectivity index (χ0) is 24.0. The molecule has 11 heteroatoms. The van der Waals surface area contributed by atoms with Crippen molar-refractivity contribution >= 4 is 44.1 Å². The number of fused-ring (bicyclic) bond motifs is 2. The SMILES string of the molecule is Cc1c(S(=O)(=O)N2CCCc3[nH]ncc32)cc(C(=O)NCc2c(Cl)ccc3ncccc23)n1C. The van der Waals surface area contributed by atoms with E-state index < -0.39 is 15.9 Å². The fraction of sp³-hybridized carbons (Fsp3) is 0.261. The van der Waals surface area contributed by atoms with Crippen molar-refractivity contribution < 1.29 is 13.2 Å². The molecule has 0 atom stereocenters. The molecule has 0 unspecified atom stereocenters. The summed E-state index contributed by atoms with van der Waals surface area (Å²) in [7, 11) is -2.19. The lowest BCUT2D eigenvalue weighted by Crippen LogP contribution is -2.35. The molecule has 0 aliphatic carbocycles. The molecule has 0 saturated carbocycles. The molecule has 3 aromatic heterocycles. The third-order valence-corrected chi connectivity index (χ3v) is 8.59. The van der Waals surface area contributed by atoms with E-state index in [-0.39, 0.29) is 17.1 Å². The highest BCUT2D eigenvalue weighted by Gasteiger charge is 2.33. The van der Waals surface area contributed by atoms with Crippen LogP contribution in [-0.2, 0) is 30.0 Å². The van der Waals surface area contributed by atoms with Crippen molar-refractivity contribution in [1.82, 2.24) is 25.1 Å². The van der Waals surface area contributed by atoms with Crippen molar-refractivity contribution in [3.05, 3.63) is 70.4 Å². The Labute approximate surface area is 201 Å². The number of rotatable bonds is 5. The van der Waals surface area contributed by atoms with Crippen molar-refractivity contribution in [3.63, 3.8) is 0 Å². The second kappa shape index (κ2) is 8.44. The average Bonchev–Trinajstić information content (AvgIpc) is 3.43. The maximum atomic E-state index is 13.5. The van der Waals surface area contributed by atoms with E-state index in [4.69, 9.17) is 11.6 Å². The number of carbonyl (C=O) groups excluding carboxylic acids is 1. The van der Waals surface area contributed by atoms with Gasteiger partial charge in [-0.05, 0) is 49.6 Å². The molecule has 4 heterocycles. The van der Waals surface area contributed by atoms with Crippen molar-refractivity contribution in [2.75, 3.05) is 10.8 Å². The molecule has 1 aliphatic rings. The molecule has 0 bridgehead atoms. The first-order valence-corrected chi connectivity index (χ1v) is 12.6. The molecular weight excluding hydrogens is 476 g/mol. The standard InChI is InChI=1S/C23H23ClN6O3S/c1-14-22(34(32,33)30-10-4-6-19-21(30)13-27-28-19)11-20(29(14)2)23(31)26-12-16-15-5-3-9-25-18(15)8-7-17(16)24/h3,5,7-9,11,13H,4,6,10,12H2,1-2H3,(H,26,31)(H,27,28). The lowest BCUT2D eigenvalue weighted by Gasteiger charge is -2.27. The number of pyridine rings is 1. The summed E-state index contributed by atoms with van der Waals surface area (Å²) in [6.45, 7) is 2.23. The second-order valence-electron chi connectivity index (χ2n) is 8.23. The predicted octanol–water partition coefficient (Wildman–Crippen LogP) is 3.33. The van der Waals surface area contributed by atoms with Crippen LogP contribution in [0.1, 0.15) is 33.9 Å². The van der Waals surface area contributed by atoms with Crippen LogP contribution in [0, 0.1) is 6.92 Å². The van der Waals surface area contributed by atoms with Gasteiger partial charge in [0.15, 0.2) is 0 Å². The second-order valence-corrected chi connectivity index (χ2v) is 10.5. The smallest absolute Gasteiger partial charge is 0.268 e. The van der Waals surface area contributed by atoms with E-state index in [0.29, 0.717) is 29.4 Å². The maximum absolute atomic E-state index is 13.5. The van der Waals surface area contributed by atoms with E-state index in [9.17, 15) is 13.2 Å². The zero-order valence-corrected chi connectivity index (χ0v) is 20.2. The summed E-state index contributed by atoms with van der Waals surface area (Å²) >= 11 is 6.39. The number of sulfonamides is 1. The molecule has 0 saturated heterocycles. The van der Waals surface area contributed by atoms with E-state index in [1.165, 1.54) is 16.6 Å². The van der Waals surface area contributed by atoms with Crippen LogP contribution < -0.4 is 9.62 Å². The summed E-state index contributed by atoms with van der Waals surface area (Å²) < 4.78 is 30.0. The summed E-state index contributed by atoms with van der Waals surface area (Å²) in [6.07, 6.45) is 4.66. The summed E-state index contributed by atoms with van der Waals surface area (Å²) in [4.78, 5) is 17.5. The molecule has 2 N–H and O–H groups in total. The number of amides is 1. The first-order chi connectivity index (χ1) is 16.3. The Bertz CT molecular complexity index is 1520. The number of aryl methyl sites for hydroxylation is 1. The van der Waals surface area contributed by atoms with Gasteiger partial charge in [-0.1, -0.05) is 17.7 Å². The summed E-state index contributed by atoms with van der Waals surface area (Å²) in [5, 5.41) is 11.1. The first-order valence-electron chi connectivity index (χ1n) is 10.8. The summed E-state index contributed by atoms with van der Waals surface area (Å²) in [5.41, 5.74) is 3.60. The number of aromatic amines is 1. The highest BCUT2D eigenvalue weighted by atomic mass is 35.5. The predicted molar refractivity (Wildman–Crippen MR) is 130 cm³/mol. The topological polar surface area (TPSA) is 113 Å². The van der Waals surface area contributed by atoms with Crippen LogP contribution in [0.3, 0.4) is 0 Å². The van der Waals surface area contributed by atoms with Gasteiger partial charge in [-0.25, -0.2) is 8.42 Å². The molecule has 1 amide bonds. The van der Waals surface area contributed by atoms with Crippen LogP contribution >= 0.6 is 11.6 Å². The average molecular weight is 499 g/mol. The van der Waals surface area contributed by atoms with Crippen LogP contribution in [0.15, 0.2) is 47.6 Å². The molecule has 0 fully saturated rings. The van der Waals surface area contributed by atoms with Crippen molar-refractivity contribution in [1.29, 1.82) is 0 Å². The third kappa shape index (κ3) is 3.63. The first kappa shape index (κ1) is 22.4. The van der Waals surface area contributed by atoms with Gasteiger partial charge in [-0.2, -0.15) is 5.10 Å². The number of nitrogens with one attached hydrogen (secondary N) is 2. The van der Waals surface area contributed by atoms with E-state index in [1.54, 1.807) is 30.8 Å². The minimum absolute atomic E-state index is 0.0987. The number of benzene rings is 1. The summed E-state index contributed by atoms with van der Waals surface area (Å²) in [5.74, 6) is -0.397. The van der Waals surface area contributed by atoms with Gasteiger partial charge in [0.2, 0.25) is 0 Å². The molecule has 176 valence electrons. The van der Waals surface area contributed by atoms with Crippen LogP contribution in [0.4, 0.5) is 5.69 Å². The number of hydrogen-bond acceptors (Lipinski definition) is 5. The molecule has 0 radical (unpaired) electrons. The molecule has 0 spiro atoms. The zero-order valence-electron chi connectivity index (χ0n) is 18.7. The van der Waals surface area contributed by atoms with Crippen molar-refractivity contribution in [2.24, 2.45) is 7.05 Å².